The van der Waals surface area contributed by atoms with E-state index >= 15 is 0 Å². The third-order valence-electron chi connectivity index (χ3n) is 2.90. The second kappa shape index (κ2) is 6.10. The SMILES string of the molecule is COc1cc(C(C)=O)ccc1OCc1ccc(O)cc1. The number of benzene rings is 2. The molecule has 4 nitrogen and oxygen atoms in total. The van der Waals surface area contributed by atoms with E-state index in [0.717, 1.165) is 5.56 Å². The number of ether oxygens (including phenoxy) is 2. The highest BCUT2D eigenvalue weighted by atomic mass is 16.5. The molecule has 0 heterocycles. The van der Waals surface area contributed by atoms with Gasteiger partial charge >= 0.3 is 0 Å². The number of ketones is 1. The molecule has 0 saturated heterocycles. The van der Waals surface area contributed by atoms with Crippen LogP contribution in [0.3, 0.4) is 0 Å². The molecule has 4 heteroatoms. The number of aromatic hydroxyl groups is 1. The quantitative estimate of drug-likeness (QED) is 0.849. The number of phenols is 1. The molecule has 0 spiro atoms. The molecule has 0 unspecified atom stereocenters. The molecule has 20 heavy (non-hydrogen) atoms. The van der Waals surface area contributed by atoms with E-state index in [1.807, 2.05) is 0 Å². The molecule has 1 N–H and O–H groups in total. The number of methoxy groups -OCH3 is 1. The largest absolute Gasteiger partial charge is 0.508 e. The van der Waals surface area contributed by atoms with Gasteiger partial charge in [0.25, 0.3) is 0 Å². The summed E-state index contributed by atoms with van der Waals surface area (Å²) in [6, 6.07) is 11.9. The first-order chi connectivity index (χ1) is 9.60. The second-order valence-corrected chi connectivity index (χ2v) is 4.38. The minimum absolute atomic E-state index is 0.0200. The van der Waals surface area contributed by atoms with Gasteiger partial charge in [-0.25, -0.2) is 0 Å². The van der Waals surface area contributed by atoms with E-state index in [-0.39, 0.29) is 11.5 Å². The van der Waals surface area contributed by atoms with Crippen LogP contribution in [0.15, 0.2) is 42.5 Å². The molecule has 0 fully saturated rings. The van der Waals surface area contributed by atoms with Gasteiger partial charge in [-0.15, -0.1) is 0 Å². The van der Waals surface area contributed by atoms with E-state index in [1.165, 1.54) is 14.0 Å². The lowest BCUT2D eigenvalue weighted by molar-refractivity contribution is 0.101. The summed E-state index contributed by atoms with van der Waals surface area (Å²) in [5, 5.41) is 9.21. The highest BCUT2D eigenvalue weighted by Crippen LogP contribution is 2.29. The average molecular weight is 272 g/mol. The van der Waals surface area contributed by atoms with Crippen LogP contribution in [0.25, 0.3) is 0 Å². The van der Waals surface area contributed by atoms with Crippen LogP contribution >= 0.6 is 0 Å². The standard InChI is InChI=1S/C16H16O4/c1-11(17)13-5-8-15(16(9-13)19-2)20-10-12-3-6-14(18)7-4-12/h3-9,18H,10H2,1-2H3. The number of hydrogen-bond acceptors (Lipinski definition) is 4. The molecular weight excluding hydrogens is 256 g/mol. The highest BCUT2D eigenvalue weighted by molar-refractivity contribution is 5.94. The van der Waals surface area contributed by atoms with Crippen LogP contribution in [0.1, 0.15) is 22.8 Å². The molecule has 0 saturated carbocycles. The molecule has 0 amide bonds. The Kier molecular flexibility index (Phi) is 4.25. The summed E-state index contributed by atoms with van der Waals surface area (Å²) >= 11 is 0. The Hall–Kier alpha value is -2.49. The molecule has 2 aromatic carbocycles. The van der Waals surface area contributed by atoms with Gasteiger partial charge in [-0.05, 0) is 42.8 Å². The zero-order valence-electron chi connectivity index (χ0n) is 11.4. The summed E-state index contributed by atoms with van der Waals surface area (Å²) in [4.78, 5) is 11.3. The molecule has 2 rings (SSSR count). The van der Waals surface area contributed by atoms with Crippen molar-refractivity contribution in [3.63, 3.8) is 0 Å². The molecule has 0 aliphatic heterocycles. The summed E-state index contributed by atoms with van der Waals surface area (Å²) in [5.41, 5.74) is 1.51. The third-order valence-corrected chi connectivity index (χ3v) is 2.90. The number of carbonyl (C=O) groups excluding carboxylic acids is 1. The van der Waals surface area contributed by atoms with Crippen LogP contribution < -0.4 is 9.47 Å². The fourth-order valence-corrected chi connectivity index (χ4v) is 1.76. The van der Waals surface area contributed by atoms with Gasteiger partial charge in [0.1, 0.15) is 12.4 Å². The lowest BCUT2D eigenvalue weighted by Gasteiger charge is -2.11. The normalized spacial score (nSPS) is 10.1. The predicted molar refractivity (Wildman–Crippen MR) is 75.4 cm³/mol. The number of phenolic OH excluding ortho intramolecular Hbond substituents is 1. The molecule has 0 aromatic heterocycles. The average Bonchev–Trinajstić information content (AvgIpc) is 2.46. The van der Waals surface area contributed by atoms with Crippen molar-refractivity contribution in [1.82, 2.24) is 0 Å². The lowest BCUT2D eigenvalue weighted by atomic mass is 10.1. The van der Waals surface area contributed by atoms with E-state index in [4.69, 9.17) is 9.47 Å². The summed E-state index contributed by atoms with van der Waals surface area (Å²) in [5.74, 6) is 1.30. The zero-order chi connectivity index (χ0) is 14.5. The zero-order valence-corrected chi connectivity index (χ0v) is 11.4. The van der Waals surface area contributed by atoms with Crippen molar-refractivity contribution >= 4 is 5.78 Å². The van der Waals surface area contributed by atoms with Crippen molar-refractivity contribution < 1.29 is 19.4 Å². The molecule has 0 radical (unpaired) electrons. The van der Waals surface area contributed by atoms with Gasteiger partial charge in [0.15, 0.2) is 17.3 Å². The monoisotopic (exact) mass is 272 g/mol. The van der Waals surface area contributed by atoms with E-state index in [0.29, 0.717) is 23.7 Å². The first-order valence-electron chi connectivity index (χ1n) is 6.20. The molecule has 104 valence electrons. The molecule has 0 aliphatic carbocycles. The van der Waals surface area contributed by atoms with Crippen molar-refractivity contribution in [3.05, 3.63) is 53.6 Å². The minimum Gasteiger partial charge on any atom is -0.508 e. The van der Waals surface area contributed by atoms with Crippen LogP contribution in [0.4, 0.5) is 0 Å². The molecular formula is C16H16O4. The summed E-state index contributed by atoms with van der Waals surface area (Å²) < 4.78 is 10.9. The highest BCUT2D eigenvalue weighted by Gasteiger charge is 2.08. The number of hydrogen-bond donors (Lipinski definition) is 1. The molecule has 0 bridgehead atoms. The maximum Gasteiger partial charge on any atom is 0.161 e. The maximum atomic E-state index is 11.3. The Morgan fingerprint density at radius 3 is 2.40 bits per heavy atom. The first kappa shape index (κ1) is 13.9. The number of carbonyl (C=O) groups is 1. The van der Waals surface area contributed by atoms with Crippen molar-refractivity contribution in [2.24, 2.45) is 0 Å². The van der Waals surface area contributed by atoms with Crippen LogP contribution in [0, 0.1) is 0 Å². The molecule has 0 atom stereocenters. The van der Waals surface area contributed by atoms with E-state index in [1.54, 1.807) is 42.5 Å². The van der Waals surface area contributed by atoms with Crippen LogP contribution in [-0.4, -0.2) is 18.0 Å². The summed E-state index contributed by atoms with van der Waals surface area (Å²) in [7, 11) is 1.53. The Morgan fingerprint density at radius 2 is 1.80 bits per heavy atom. The fourth-order valence-electron chi connectivity index (χ4n) is 1.76. The summed E-state index contributed by atoms with van der Waals surface area (Å²) in [6.45, 7) is 1.86. The first-order valence-corrected chi connectivity index (χ1v) is 6.20. The molecule has 0 aliphatic rings. The van der Waals surface area contributed by atoms with Crippen LogP contribution in [0.2, 0.25) is 0 Å². The fraction of sp³-hybridized carbons (Fsp3) is 0.188. The van der Waals surface area contributed by atoms with Crippen LogP contribution in [-0.2, 0) is 6.61 Å². The molecule has 2 aromatic rings. The smallest absolute Gasteiger partial charge is 0.161 e. The Morgan fingerprint density at radius 1 is 1.10 bits per heavy atom. The number of rotatable bonds is 5. The van der Waals surface area contributed by atoms with Crippen molar-refractivity contribution in [1.29, 1.82) is 0 Å². The topological polar surface area (TPSA) is 55.8 Å². The van der Waals surface area contributed by atoms with Gasteiger partial charge in [-0.3, -0.25) is 4.79 Å². The van der Waals surface area contributed by atoms with E-state index in [9.17, 15) is 9.90 Å². The van der Waals surface area contributed by atoms with Gasteiger partial charge in [-0.2, -0.15) is 0 Å². The predicted octanol–water partition coefficient (Wildman–Crippen LogP) is 3.18. The second-order valence-electron chi connectivity index (χ2n) is 4.38. The van der Waals surface area contributed by atoms with Crippen molar-refractivity contribution in [2.75, 3.05) is 7.11 Å². The Bertz CT molecular complexity index is 602. The van der Waals surface area contributed by atoms with Crippen molar-refractivity contribution in [2.45, 2.75) is 13.5 Å². The summed E-state index contributed by atoms with van der Waals surface area (Å²) in [6.07, 6.45) is 0. The van der Waals surface area contributed by atoms with Gasteiger partial charge < -0.3 is 14.6 Å². The Labute approximate surface area is 117 Å². The third kappa shape index (κ3) is 3.29. The van der Waals surface area contributed by atoms with Crippen LogP contribution in [0.5, 0.6) is 17.2 Å². The van der Waals surface area contributed by atoms with Gasteiger partial charge in [-0.1, -0.05) is 12.1 Å². The lowest BCUT2D eigenvalue weighted by Crippen LogP contribution is -1.99. The van der Waals surface area contributed by atoms with Gasteiger partial charge in [0.2, 0.25) is 0 Å². The minimum atomic E-state index is -0.0200. The number of Topliss-reactive ketones (excluding diaryl/α,β-unsaturated/α-hetero) is 1. The van der Waals surface area contributed by atoms with Gasteiger partial charge in [0.05, 0.1) is 7.11 Å². The Balaban J connectivity index is 2.12. The van der Waals surface area contributed by atoms with E-state index < -0.39 is 0 Å². The van der Waals surface area contributed by atoms with Gasteiger partial charge in [0, 0.05) is 5.56 Å². The maximum absolute atomic E-state index is 11.3. The van der Waals surface area contributed by atoms with E-state index in [2.05, 4.69) is 0 Å². The van der Waals surface area contributed by atoms with Crippen molar-refractivity contribution in [3.8, 4) is 17.2 Å².